The molecule has 0 spiro atoms. The van der Waals surface area contributed by atoms with Crippen LogP contribution in [0.15, 0.2) is 0 Å². The monoisotopic (exact) mass is 378 g/mol. The maximum Gasteiger partial charge on any atom is 0.383 e. The minimum atomic E-state index is -3.45. The van der Waals surface area contributed by atoms with E-state index in [0.29, 0.717) is 6.54 Å². The van der Waals surface area contributed by atoms with Crippen molar-refractivity contribution < 1.29 is 23.7 Å². The van der Waals surface area contributed by atoms with E-state index in [9.17, 15) is 18.6 Å². The van der Waals surface area contributed by atoms with Crippen molar-refractivity contribution >= 4 is 27.2 Å². The smallest absolute Gasteiger partial charge is 0.383 e. The average Bonchev–Trinajstić information content (AvgIpc) is 2.53. The molecule has 146 valence electrons. The first kappa shape index (κ1) is 21.5. The number of nitrogens with one attached hydrogen (secondary N) is 1. The Kier molecular flexibility index (Phi) is 7.09. The average molecular weight is 378 g/mol. The van der Waals surface area contributed by atoms with Crippen molar-refractivity contribution in [3.63, 3.8) is 0 Å². The number of nitrogens with zero attached hydrogens (tertiary/aromatic N) is 2. The highest BCUT2D eigenvalue weighted by Gasteiger charge is 2.38. The second-order valence-corrected chi connectivity index (χ2v) is 9.53. The summed E-state index contributed by atoms with van der Waals surface area (Å²) in [6.07, 6.45) is 1.42. The predicted molar refractivity (Wildman–Crippen MR) is 96.7 cm³/mol. The lowest BCUT2D eigenvalue weighted by molar-refractivity contribution is -0.138. The summed E-state index contributed by atoms with van der Waals surface area (Å²) in [5.74, 6) is -0.835. The van der Waals surface area contributed by atoms with Gasteiger partial charge in [-0.1, -0.05) is 6.92 Å². The minimum Gasteiger partial charge on any atom is -0.472 e. The lowest BCUT2D eigenvalue weighted by Gasteiger charge is -2.41. The molecule has 25 heavy (non-hydrogen) atoms. The molecule has 4 N–H and O–H groups in total. The van der Waals surface area contributed by atoms with E-state index in [2.05, 4.69) is 5.32 Å². The van der Waals surface area contributed by atoms with Crippen LogP contribution in [-0.4, -0.2) is 80.2 Å². The van der Waals surface area contributed by atoms with Gasteiger partial charge in [-0.15, -0.1) is 0 Å². The second kappa shape index (κ2) is 8.24. The molecule has 0 aliphatic carbocycles. The summed E-state index contributed by atoms with van der Waals surface area (Å²) in [6, 6.07) is 0. The van der Waals surface area contributed by atoms with Gasteiger partial charge in [0.15, 0.2) is 0 Å². The van der Waals surface area contributed by atoms with Gasteiger partial charge >= 0.3 is 5.30 Å². The van der Waals surface area contributed by atoms with Crippen LogP contribution in [0.2, 0.25) is 0 Å². The Morgan fingerprint density at radius 2 is 1.80 bits per heavy atom. The maximum atomic E-state index is 12.7. The molecule has 9 nitrogen and oxygen atoms in total. The van der Waals surface area contributed by atoms with Crippen molar-refractivity contribution in [2.75, 3.05) is 39.0 Å². The molecule has 0 aromatic carbocycles. The zero-order chi connectivity index (χ0) is 19.4. The van der Waals surface area contributed by atoms with Crippen LogP contribution in [-0.2, 0) is 19.7 Å². The van der Waals surface area contributed by atoms with Gasteiger partial charge in [0.05, 0.1) is 5.54 Å². The molecular formula is C15H30N4O5S. The van der Waals surface area contributed by atoms with Gasteiger partial charge in [-0.05, 0) is 20.3 Å². The van der Waals surface area contributed by atoms with Crippen LogP contribution >= 0.6 is 0 Å². The molecule has 0 aromatic rings. The van der Waals surface area contributed by atoms with E-state index < -0.39 is 26.9 Å². The number of carboxylic acid groups (broad SMARTS) is 1. The van der Waals surface area contributed by atoms with E-state index in [4.69, 9.17) is 10.8 Å². The molecule has 0 aromatic heterocycles. The predicted octanol–water partition coefficient (Wildman–Crippen LogP) is -0.750. The Hall–Kier alpha value is -1.52. The van der Waals surface area contributed by atoms with Crippen molar-refractivity contribution in [3.05, 3.63) is 0 Å². The van der Waals surface area contributed by atoms with E-state index in [1.54, 1.807) is 18.7 Å². The summed E-state index contributed by atoms with van der Waals surface area (Å²) in [4.78, 5) is 37.2. The summed E-state index contributed by atoms with van der Waals surface area (Å²) in [6.45, 7) is 6.60. The zero-order valence-electron chi connectivity index (χ0n) is 15.3. The molecule has 1 saturated heterocycles. The third-order valence-electron chi connectivity index (χ3n) is 4.46. The van der Waals surface area contributed by atoms with Crippen molar-refractivity contribution in [2.45, 2.75) is 32.7 Å². The summed E-state index contributed by atoms with van der Waals surface area (Å²) in [5.41, 5.74) is 4.96. The van der Waals surface area contributed by atoms with Gasteiger partial charge in [0, 0.05) is 55.0 Å². The van der Waals surface area contributed by atoms with Gasteiger partial charge in [-0.25, -0.2) is 9.10 Å². The highest BCUT2D eigenvalue weighted by molar-refractivity contribution is 8.13. The Morgan fingerprint density at radius 3 is 2.24 bits per heavy atom. The molecular weight excluding hydrogens is 348 g/mol. The van der Waals surface area contributed by atoms with Crippen LogP contribution in [0.3, 0.4) is 0 Å². The number of amides is 2. The molecule has 2 atom stereocenters. The van der Waals surface area contributed by atoms with E-state index in [0.717, 1.165) is 0 Å². The number of thiol groups is 1. The third kappa shape index (κ3) is 5.23. The molecule has 2 amide bonds. The molecule has 1 heterocycles. The van der Waals surface area contributed by atoms with Crippen molar-refractivity contribution in [2.24, 2.45) is 11.7 Å². The van der Waals surface area contributed by atoms with Crippen molar-refractivity contribution in [1.29, 1.82) is 0 Å². The van der Waals surface area contributed by atoms with Gasteiger partial charge in [0.1, 0.15) is 0 Å². The van der Waals surface area contributed by atoms with Crippen molar-refractivity contribution in [3.8, 4) is 0 Å². The molecule has 0 saturated carbocycles. The van der Waals surface area contributed by atoms with Crippen LogP contribution in [0.4, 0.5) is 4.79 Å². The van der Waals surface area contributed by atoms with Crippen LogP contribution in [0.1, 0.15) is 27.2 Å². The Balaban J connectivity index is 2.67. The third-order valence-corrected chi connectivity index (χ3v) is 6.64. The molecule has 1 aliphatic heterocycles. The van der Waals surface area contributed by atoms with Gasteiger partial charge in [-0.3, -0.25) is 13.8 Å². The van der Waals surface area contributed by atoms with Crippen molar-refractivity contribution in [1.82, 2.24) is 14.5 Å². The molecule has 1 fully saturated rings. The normalized spacial score (nSPS) is 20.4. The number of carbonyl (C=O) groups excluding carboxylic acids is 2. The number of nitrogens with two attached hydrogens (primary N) is 1. The number of rotatable bonds is 6. The number of hydrogen-bond acceptors (Lipinski definition) is 5. The van der Waals surface area contributed by atoms with Crippen LogP contribution < -0.4 is 11.1 Å². The molecule has 2 unspecified atom stereocenters. The van der Waals surface area contributed by atoms with Crippen LogP contribution in [0, 0.1) is 5.92 Å². The SMILES string of the molecule is CCNC(=O)C(C)CC(C)(N)C(=O)N1CCN([SH](C)(=O)C(=O)O)CC1. The number of hydrogen-bond donors (Lipinski definition) is 4. The summed E-state index contributed by atoms with van der Waals surface area (Å²) >= 11 is 0. The summed E-state index contributed by atoms with van der Waals surface area (Å²) in [7, 11) is -3.45. The Bertz CT molecular complexity index is 572. The maximum absolute atomic E-state index is 12.7. The van der Waals surface area contributed by atoms with E-state index in [1.807, 2.05) is 6.92 Å². The molecule has 1 aliphatic rings. The standard InChI is InChI=1S/C15H30N4O5S/c1-5-17-12(20)11(2)10-15(3,16)13(21)18-6-8-19(9-7-18)25(4,24)14(22)23/h11,25H,5-10,16H2,1-4H3,(H,17,20)(H,22,23). The van der Waals surface area contributed by atoms with E-state index in [1.165, 1.54) is 10.6 Å². The van der Waals surface area contributed by atoms with Crippen LogP contribution in [0.25, 0.3) is 0 Å². The molecule has 10 heteroatoms. The van der Waals surface area contributed by atoms with Gasteiger partial charge in [-0.2, -0.15) is 0 Å². The fourth-order valence-corrected chi connectivity index (χ4v) is 4.11. The summed E-state index contributed by atoms with van der Waals surface area (Å²) in [5, 5.41) is 10.4. The largest absolute Gasteiger partial charge is 0.472 e. The van der Waals surface area contributed by atoms with Gasteiger partial charge < -0.3 is 21.1 Å². The first-order valence-electron chi connectivity index (χ1n) is 8.36. The topological polar surface area (TPSA) is 133 Å². The molecule has 1 rings (SSSR count). The fourth-order valence-electron chi connectivity index (χ4n) is 2.93. The Morgan fingerprint density at radius 1 is 1.28 bits per heavy atom. The Labute approximate surface area is 149 Å². The lowest BCUT2D eigenvalue weighted by atomic mass is 9.88. The second-order valence-electron chi connectivity index (χ2n) is 6.82. The quantitative estimate of drug-likeness (QED) is 0.450. The zero-order valence-corrected chi connectivity index (χ0v) is 16.2. The van der Waals surface area contributed by atoms with E-state index >= 15 is 0 Å². The first-order valence-corrected chi connectivity index (χ1v) is 10.5. The van der Waals surface area contributed by atoms with Gasteiger partial charge in [0.2, 0.25) is 11.8 Å². The van der Waals surface area contributed by atoms with Crippen LogP contribution in [0.5, 0.6) is 0 Å². The highest BCUT2D eigenvalue weighted by atomic mass is 32.3. The lowest BCUT2D eigenvalue weighted by Crippen LogP contribution is -2.60. The van der Waals surface area contributed by atoms with Gasteiger partial charge in [0.25, 0.3) is 0 Å². The molecule has 0 radical (unpaired) electrons. The van der Waals surface area contributed by atoms with E-state index in [-0.39, 0.29) is 44.4 Å². The molecule has 0 bridgehead atoms. The minimum absolute atomic E-state index is 0.148. The highest BCUT2D eigenvalue weighted by Crippen LogP contribution is 2.20. The number of piperazine rings is 1. The first-order chi connectivity index (χ1) is 11.4. The summed E-state index contributed by atoms with van der Waals surface area (Å²) < 4.78 is 13.6. The fraction of sp³-hybridized carbons (Fsp3) is 0.800. The number of carbonyl (C=O) groups is 3.